The first kappa shape index (κ1) is 22.0. The van der Waals surface area contributed by atoms with Crippen LogP contribution in [0, 0.1) is 6.92 Å². The molecule has 31 heavy (non-hydrogen) atoms. The molecule has 0 aromatic heterocycles. The van der Waals surface area contributed by atoms with Gasteiger partial charge in [-0.05, 0) is 53.9 Å². The molecule has 3 aromatic carbocycles. The third kappa shape index (κ3) is 5.01. The molecule has 0 N–H and O–H groups in total. The molecule has 4 rings (SSSR count). The molecular weight excluding hydrogens is 451 g/mol. The second kappa shape index (κ2) is 9.52. The van der Waals surface area contributed by atoms with E-state index in [1.807, 2.05) is 72.5 Å². The van der Waals surface area contributed by atoms with Gasteiger partial charge in [0, 0.05) is 29.7 Å². The van der Waals surface area contributed by atoms with Gasteiger partial charge in [-0.2, -0.15) is 0 Å². The summed E-state index contributed by atoms with van der Waals surface area (Å²) in [6.45, 7) is 3.92. The minimum absolute atomic E-state index is 0.0366. The van der Waals surface area contributed by atoms with Crippen LogP contribution < -0.4 is 4.90 Å². The van der Waals surface area contributed by atoms with E-state index < -0.39 is 0 Å². The molecule has 0 saturated carbocycles. The lowest BCUT2D eigenvalue weighted by molar-refractivity contribution is -0.131. The number of amides is 1. The Balaban J connectivity index is 1.61. The third-order valence-corrected chi connectivity index (χ3v) is 6.60. The Bertz CT molecular complexity index is 1080. The van der Waals surface area contributed by atoms with Crippen LogP contribution in [0.4, 0.5) is 5.69 Å². The molecule has 160 valence electrons. The summed E-state index contributed by atoms with van der Waals surface area (Å²) in [7, 11) is 0. The highest BCUT2D eigenvalue weighted by Gasteiger charge is 2.32. The zero-order valence-electron chi connectivity index (χ0n) is 17.2. The van der Waals surface area contributed by atoms with E-state index in [0.29, 0.717) is 41.1 Å². The van der Waals surface area contributed by atoms with Crippen LogP contribution in [0.15, 0.2) is 66.7 Å². The van der Waals surface area contributed by atoms with E-state index in [1.165, 1.54) is 0 Å². The predicted molar refractivity (Wildman–Crippen MR) is 129 cm³/mol. The first-order valence-electron chi connectivity index (χ1n) is 10.2. The summed E-state index contributed by atoms with van der Waals surface area (Å²) < 4.78 is 0. The Kier molecular flexibility index (Phi) is 6.76. The van der Waals surface area contributed by atoms with Crippen LogP contribution in [0.5, 0.6) is 0 Å². The van der Waals surface area contributed by atoms with Crippen LogP contribution in [0.2, 0.25) is 15.1 Å². The Morgan fingerprint density at radius 2 is 1.65 bits per heavy atom. The molecule has 1 heterocycles. The molecule has 3 nitrogen and oxygen atoms in total. The summed E-state index contributed by atoms with van der Waals surface area (Å²) >= 11 is 18.8. The number of nitrogens with zero attached hydrogens (tertiary/aromatic N) is 2. The molecule has 1 saturated heterocycles. The number of hydrogen-bond donors (Lipinski definition) is 0. The molecule has 0 aliphatic carbocycles. The summed E-state index contributed by atoms with van der Waals surface area (Å²) in [6, 6.07) is 21.3. The standard InChI is InChI=1S/C25H23Cl3N2O/c1-17-4-2-3-5-19(17)14-25(31)29-12-13-30(23-11-10-21(27)15-22(23)28)24(16-29)18-6-8-20(26)9-7-18/h2-11,15,24H,12-14,16H2,1H3. The smallest absolute Gasteiger partial charge is 0.227 e. The van der Waals surface area contributed by atoms with Crippen molar-refractivity contribution in [2.24, 2.45) is 0 Å². The van der Waals surface area contributed by atoms with E-state index in [9.17, 15) is 4.79 Å². The fourth-order valence-electron chi connectivity index (χ4n) is 4.07. The van der Waals surface area contributed by atoms with Crippen LogP contribution >= 0.6 is 34.8 Å². The monoisotopic (exact) mass is 472 g/mol. The van der Waals surface area contributed by atoms with Crippen molar-refractivity contribution in [3.05, 3.63) is 98.5 Å². The fraction of sp³-hybridized carbons (Fsp3) is 0.240. The maximum absolute atomic E-state index is 13.1. The predicted octanol–water partition coefficient (Wildman–Crippen LogP) is 6.59. The number of halogens is 3. The van der Waals surface area contributed by atoms with Crippen molar-refractivity contribution in [2.45, 2.75) is 19.4 Å². The fourth-order valence-corrected chi connectivity index (χ4v) is 4.71. The molecule has 1 amide bonds. The van der Waals surface area contributed by atoms with Crippen molar-refractivity contribution >= 4 is 46.4 Å². The molecule has 1 aliphatic heterocycles. The van der Waals surface area contributed by atoms with Crippen LogP contribution in [-0.4, -0.2) is 30.4 Å². The molecule has 6 heteroatoms. The first-order valence-corrected chi connectivity index (χ1v) is 11.3. The second-order valence-corrected chi connectivity index (χ2v) is 9.08. The highest BCUT2D eigenvalue weighted by molar-refractivity contribution is 6.36. The van der Waals surface area contributed by atoms with Gasteiger partial charge in [-0.3, -0.25) is 4.79 Å². The van der Waals surface area contributed by atoms with Crippen molar-refractivity contribution in [1.29, 1.82) is 0 Å². The van der Waals surface area contributed by atoms with E-state index in [-0.39, 0.29) is 11.9 Å². The highest BCUT2D eigenvalue weighted by atomic mass is 35.5. The molecule has 1 aliphatic rings. The zero-order chi connectivity index (χ0) is 22.0. The lowest BCUT2D eigenvalue weighted by Gasteiger charge is -2.43. The van der Waals surface area contributed by atoms with Gasteiger partial charge in [0.15, 0.2) is 0 Å². The average molecular weight is 474 g/mol. The molecule has 1 fully saturated rings. The summed E-state index contributed by atoms with van der Waals surface area (Å²) in [5.74, 6) is 0.134. The Morgan fingerprint density at radius 3 is 2.35 bits per heavy atom. The van der Waals surface area contributed by atoms with Crippen molar-refractivity contribution in [3.63, 3.8) is 0 Å². The number of rotatable bonds is 4. The number of carbonyl (C=O) groups is 1. The van der Waals surface area contributed by atoms with Crippen LogP contribution in [0.3, 0.4) is 0 Å². The normalized spacial score (nSPS) is 16.5. The van der Waals surface area contributed by atoms with Gasteiger partial charge in [-0.25, -0.2) is 0 Å². The highest BCUT2D eigenvalue weighted by Crippen LogP contribution is 2.37. The van der Waals surface area contributed by atoms with Gasteiger partial charge in [-0.1, -0.05) is 71.2 Å². The summed E-state index contributed by atoms with van der Waals surface area (Å²) in [5.41, 5.74) is 4.20. The first-order chi connectivity index (χ1) is 14.9. The molecule has 0 radical (unpaired) electrons. The Morgan fingerprint density at radius 1 is 0.935 bits per heavy atom. The maximum atomic E-state index is 13.1. The third-order valence-electron chi connectivity index (χ3n) is 5.81. The topological polar surface area (TPSA) is 23.6 Å². The number of anilines is 1. The Hall–Kier alpha value is -2.20. The van der Waals surface area contributed by atoms with E-state index in [2.05, 4.69) is 4.90 Å². The quantitative estimate of drug-likeness (QED) is 0.427. The maximum Gasteiger partial charge on any atom is 0.227 e. The van der Waals surface area contributed by atoms with Gasteiger partial charge in [0.05, 0.1) is 23.2 Å². The van der Waals surface area contributed by atoms with Crippen molar-refractivity contribution in [2.75, 3.05) is 24.5 Å². The molecular formula is C25H23Cl3N2O. The lowest BCUT2D eigenvalue weighted by atomic mass is 10.00. The zero-order valence-corrected chi connectivity index (χ0v) is 19.5. The van der Waals surface area contributed by atoms with E-state index in [0.717, 1.165) is 22.4 Å². The SMILES string of the molecule is Cc1ccccc1CC(=O)N1CCN(c2ccc(Cl)cc2Cl)C(c2ccc(Cl)cc2)C1. The van der Waals surface area contributed by atoms with Gasteiger partial charge in [-0.15, -0.1) is 0 Å². The van der Waals surface area contributed by atoms with Gasteiger partial charge in [0.1, 0.15) is 0 Å². The number of hydrogen-bond acceptors (Lipinski definition) is 2. The molecule has 0 spiro atoms. The molecule has 3 aromatic rings. The number of piperazine rings is 1. The van der Waals surface area contributed by atoms with Crippen LogP contribution in [0.25, 0.3) is 0 Å². The van der Waals surface area contributed by atoms with Crippen molar-refractivity contribution in [1.82, 2.24) is 4.90 Å². The number of aryl methyl sites for hydroxylation is 1. The van der Waals surface area contributed by atoms with Crippen molar-refractivity contribution in [3.8, 4) is 0 Å². The van der Waals surface area contributed by atoms with E-state index >= 15 is 0 Å². The molecule has 1 atom stereocenters. The largest absolute Gasteiger partial charge is 0.360 e. The number of benzene rings is 3. The second-order valence-electron chi connectivity index (χ2n) is 7.80. The van der Waals surface area contributed by atoms with E-state index in [1.54, 1.807) is 6.07 Å². The van der Waals surface area contributed by atoms with Gasteiger partial charge in [0.25, 0.3) is 0 Å². The van der Waals surface area contributed by atoms with Gasteiger partial charge < -0.3 is 9.80 Å². The Labute approximate surface area is 198 Å². The minimum atomic E-state index is -0.0366. The van der Waals surface area contributed by atoms with Crippen molar-refractivity contribution < 1.29 is 4.79 Å². The summed E-state index contributed by atoms with van der Waals surface area (Å²) in [6.07, 6.45) is 0.404. The van der Waals surface area contributed by atoms with Gasteiger partial charge in [0.2, 0.25) is 5.91 Å². The minimum Gasteiger partial charge on any atom is -0.360 e. The average Bonchev–Trinajstić information content (AvgIpc) is 2.76. The summed E-state index contributed by atoms with van der Waals surface area (Å²) in [5, 5.41) is 1.89. The molecule has 1 unspecified atom stereocenters. The van der Waals surface area contributed by atoms with Gasteiger partial charge >= 0.3 is 0 Å². The molecule has 0 bridgehead atoms. The number of carbonyl (C=O) groups excluding carboxylic acids is 1. The lowest BCUT2D eigenvalue weighted by Crippen LogP contribution is -2.51. The van der Waals surface area contributed by atoms with E-state index in [4.69, 9.17) is 34.8 Å². The summed E-state index contributed by atoms with van der Waals surface area (Å²) in [4.78, 5) is 17.3. The van der Waals surface area contributed by atoms with Crippen LogP contribution in [-0.2, 0) is 11.2 Å². The van der Waals surface area contributed by atoms with Crippen LogP contribution in [0.1, 0.15) is 22.7 Å².